The highest BCUT2D eigenvalue weighted by atomic mass is 31.2. The van der Waals surface area contributed by atoms with Gasteiger partial charge in [0, 0.05) is 15.9 Å². The van der Waals surface area contributed by atoms with Crippen LogP contribution in [0.4, 0.5) is 0 Å². The summed E-state index contributed by atoms with van der Waals surface area (Å²) >= 11 is 0. The van der Waals surface area contributed by atoms with E-state index in [1.807, 2.05) is 0 Å². The molecule has 8 aromatic carbocycles. The molecule has 1 nitrogen and oxygen atoms in total. The smallest absolute Gasteiger partial charge is 0.172 e. The van der Waals surface area contributed by atoms with Crippen LogP contribution in [0.1, 0.15) is 30.4 Å². The van der Waals surface area contributed by atoms with Crippen molar-refractivity contribution >= 4 is 83.0 Å². The van der Waals surface area contributed by atoms with Gasteiger partial charge in [0.05, 0.1) is 0 Å². The normalized spacial score (nSPS) is 14.9. The van der Waals surface area contributed by atoms with Gasteiger partial charge in [0.15, 0.2) is 7.14 Å². The minimum atomic E-state index is -3.52. The summed E-state index contributed by atoms with van der Waals surface area (Å²) in [6.45, 7) is 2.29. The maximum Gasteiger partial charge on any atom is 0.172 e. The van der Waals surface area contributed by atoms with Gasteiger partial charge < -0.3 is 4.57 Å². The Bertz CT molecular complexity index is 2450. The molecule has 9 rings (SSSR count). The zero-order valence-electron chi connectivity index (χ0n) is 25.1. The molecule has 0 heterocycles. The van der Waals surface area contributed by atoms with Gasteiger partial charge in [-0.1, -0.05) is 140 Å². The quantitative estimate of drug-likeness (QED) is 0.147. The molecule has 0 N–H and O–H groups in total. The van der Waals surface area contributed by atoms with Crippen LogP contribution in [0.5, 0.6) is 0 Å². The molecule has 0 amide bonds. The van der Waals surface area contributed by atoms with Gasteiger partial charge in [0.1, 0.15) is 0 Å². The molecule has 0 aromatic heterocycles. The van der Waals surface area contributed by atoms with Gasteiger partial charge in [-0.05, 0) is 95.5 Å². The standard InChI is InChI=1S/C43H31OP/c1-28-13-12-24-36-35-20-8-11-23-39(35)43(27-40(28)36)45(44,41-25-29-14-2-4-16-31(29)33-18-6-9-21-37(33)41)42-26-30-15-3-5-17-32(30)34-19-7-10-22-38(34)42/h2-12,14-28H,13H2,1H3. The average molecular weight is 595 g/mol. The third-order valence-electron chi connectivity index (χ3n) is 9.91. The molecule has 0 bridgehead atoms. The SMILES string of the molecule is CC1CC=Cc2c1cc(P(=O)(c1cc3ccccc3c3ccccc13)c1cc3ccccc3c3ccccc13)c1ccccc21. The third-order valence-corrected chi connectivity index (χ3v) is 13.1. The second-order valence-corrected chi connectivity index (χ2v) is 15.1. The summed E-state index contributed by atoms with van der Waals surface area (Å²) in [6.07, 6.45) is 5.53. The van der Waals surface area contributed by atoms with Crippen LogP contribution in [-0.4, -0.2) is 0 Å². The minimum absolute atomic E-state index is 0.337. The lowest BCUT2D eigenvalue weighted by Gasteiger charge is -2.29. The molecule has 0 radical (unpaired) electrons. The van der Waals surface area contributed by atoms with Crippen LogP contribution in [0.3, 0.4) is 0 Å². The first kappa shape index (κ1) is 26.4. The van der Waals surface area contributed by atoms with E-state index >= 15 is 4.57 Å². The molecule has 1 unspecified atom stereocenters. The van der Waals surface area contributed by atoms with Crippen molar-refractivity contribution in [2.24, 2.45) is 0 Å². The van der Waals surface area contributed by atoms with E-state index in [0.717, 1.165) is 60.0 Å². The van der Waals surface area contributed by atoms with E-state index in [-0.39, 0.29) is 0 Å². The van der Waals surface area contributed by atoms with E-state index in [2.05, 4.69) is 159 Å². The first-order valence-corrected chi connectivity index (χ1v) is 17.5. The summed E-state index contributed by atoms with van der Waals surface area (Å²) in [5, 5.41) is 13.9. The van der Waals surface area contributed by atoms with Crippen molar-refractivity contribution in [3.05, 3.63) is 157 Å². The Kier molecular flexibility index (Phi) is 5.89. The summed E-state index contributed by atoms with van der Waals surface area (Å²) < 4.78 is 17.1. The molecule has 45 heavy (non-hydrogen) atoms. The van der Waals surface area contributed by atoms with E-state index in [9.17, 15) is 0 Å². The van der Waals surface area contributed by atoms with Crippen molar-refractivity contribution in [1.29, 1.82) is 0 Å². The van der Waals surface area contributed by atoms with Crippen LogP contribution in [0, 0.1) is 0 Å². The predicted octanol–water partition coefficient (Wildman–Crippen LogP) is 10.6. The lowest BCUT2D eigenvalue weighted by atomic mass is 9.85. The molecule has 8 aromatic rings. The van der Waals surface area contributed by atoms with Gasteiger partial charge in [0.2, 0.25) is 0 Å². The largest absolute Gasteiger partial charge is 0.309 e. The van der Waals surface area contributed by atoms with E-state index in [4.69, 9.17) is 0 Å². The van der Waals surface area contributed by atoms with Crippen molar-refractivity contribution in [3.63, 3.8) is 0 Å². The topological polar surface area (TPSA) is 17.1 Å². The van der Waals surface area contributed by atoms with Gasteiger partial charge in [-0.15, -0.1) is 0 Å². The van der Waals surface area contributed by atoms with Gasteiger partial charge in [-0.25, -0.2) is 0 Å². The van der Waals surface area contributed by atoms with Crippen molar-refractivity contribution in [2.45, 2.75) is 19.3 Å². The van der Waals surface area contributed by atoms with Gasteiger partial charge >= 0.3 is 0 Å². The summed E-state index contributed by atoms with van der Waals surface area (Å²) in [7, 11) is -3.52. The Morgan fingerprint density at radius 1 is 0.489 bits per heavy atom. The molecular weight excluding hydrogens is 563 g/mol. The summed E-state index contributed by atoms with van der Waals surface area (Å²) in [5.41, 5.74) is 2.54. The van der Waals surface area contributed by atoms with Crippen molar-refractivity contribution in [1.82, 2.24) is 0 Å². The van der Waals surface area contributed by atoms with Crippen LogP contribution in [-0.2, 0) is 4.57 Å². The molecule has 0 spiro atoms. The first-order chi connectivity index (χ1) is 22.1. The highest BCUT2D eigenvalue weighted by molar-refractivity contribution is 7.86. The lowest BCUT2D eigenvalue weighted by molar-refractivity contribution is 0.593. The van der Waals surface area contributed by atoms with E-state index in [1.165, 1.54) is 27.3 Å². The van der Waals surface area contributed by atoms with Gasteiger partial charge in [-0.3, -0.25) is 0 Å². The van der Waals surface area contributed by atoms with Crippen molar-refractivity contribution < 1.29 is 4.57 Å². The fraction of sp³-hybridized carbons (Fsp3) is 0.0698. The first-order valence-electron chi connectivity index (χ1n) is 15.8. The van der Waals surface area contributed by atoms with Crippen LogP contribution in [0.15, 0.2) is 146 Å². The van der Waals surface area contributed by atoms with E-state index < -0.39 is 7.14 Å². The molecule has 2 heteroatoms. The summed E-state index contributed by atoms with van der Waals surface area (Å²) in [6, 6.07) is 49.4. The Morgan fingerprint density at radius 2 is 0.889 bits per heavy atom. The number of allylic oxidation sites excluding steroid dienone is 1. The van der Waals surface area contributed by atoms with Gasteiger partial charge in [0.25, 0.3) is 0 Å². The number of fused-ring (bicyclic) bond motifs is 9. The summed E-state index contributed by atoms with van der Waals surface area (Å²) in [4.78, 5) is 0. The predicted molar refractivity (Wildman–Crippen MR) is 195 cm³/mol. The van der Waals surface area contributed by atoms with Crippen LogP contribution < -0.4 is 15.9 Å². The lowest BCUT2D eigenvalue weighted by Crippen LogP contribution is -2.28. The van der Waals surface area contributed by atoms with E-state index in [0.29, 0.717) is 5.92 Å². The zero-order chi connectivity index (χ0) is 30.1. The Hall–Kier alpha value is -4.97. The molecule has 1 atom stereocenters. The third kappa shape index (κ3) is 3.84. The van der Waals surface area contributed by atoms with Crippen LogP contribution in [0.25, 0.3) is 59.9 Å². The molecule has 0 saturated heterocycles. The van der Waals surface area contributed by atoms with Crippen LogP contribution in [0.2, 0.25) is 0 Å². The number of rotatable bonds is 3. The molecule has 0 saturated carbocycles. The monoisotopic (exact) mass is 594 g/mol. The number of benzene rings is 8. The average Bonchev–Trinajstić information content (AvgIpc) is 3.10. The van der Waals surface area contributed by atoms with Gasteiger partial charge in [-0.2, -0.15) is 0 Å². The highest BCUT2D eigenvalue weighted by Crippen LogP contribution is 2.51. The van der Waals surface area contributed by atoms with Crippen LogP contribution >= 0.6 is 7.14 Å². The number of hydrogen-bond donors (Lipinski definition) is 0. The Labute approximate surface area is 262 Å². The second-order valence-electron chi connectivity index (χ2n) is 12.4. The highest BCUT2D eigenvalue weighted by Gasteiger charge is 2.37. The second kappa shape index (κ2) is 10.0. The molecule has 0 fully saturated rings. The summed E-state index contributed by atoms with van der Waals surface area (Å²) in [5.74, 6) is 0.337. The zero-order valence-corrected chi connectivity index (χ0v) is 26.0. The maximum atomic E-state index is 17.1. The molecule has 0 aliphatic heterocycles. The number of hydrogen-bond acceptors (Lipinski definition) is 1. The molecule has 1 aliphatic carbocycles. The minimum Gasteiger partial charge on any atom is -0.309 e. The Morgan fingerprint density at radius 3 is 1.42 bits per heavy atom. The maximum absolute atomic E-state index is 17.1. The molecule has 214 valence electrons. The van der Waals surface area contributed by atoms with Crippen molar-refractivity contribution in [3.8, 4) is 0 Å². The fourth-order valence-corrected chi connectivity index (χ4v) is 11.1. The van der Waals surface area contributed by atoms with Crippen molar-refractivity contribution in [2.75, 3.05) is 0 Å². The molecular formula is C43H31OP. The fourth-order valence-electron chi connectivity index (χ4n) is 7.75. The Balaban J connectivity index is 1.54. The molecule has 1 aliphatic rings. The van der Waals surface area contributed by atoms with E-state index in [1.54, 1.807) is 0 Å².